The smallest absolute Gasteiger partial charge is 0.434 e. The molecule has 0 amide bonds. The Balaban J connectivity index is 3.32. The van der Waals surface area contributed by atoms with Crippen LogP contribution in [-0.4, -0.2) is 32.1 Å². The molecule has 0 radical (unpaired) electrons. The summed E-state index contributed by atoms with van der Waals surface area (Å²) in [6.45, 7) is 7.74. The van der Waals surface area contributed by atoms with Crippen LogP contribution in [0, 0.1) is 0 Å². The van der Waals surface area contributed by atoms with Crippen LogP contribution in [0.25, 0.3) is 0 Å². The van der Waals surface area contributed by atoms with Gasteiger partial charge >= 0.3 is 6.16 Å². The van der Waals surface area contributed by atoms with Crippen molar-refractivity contribution in [2.24, 2.45) is 0 Å². The zero-order valence-corrected chi connectivity index (χ0v) is 11.4. The number of carbonyl (C=O) groups excluding carboxylic acids is 1. The van der Waals surface area contributed by atoms with Crippen LogP contribution in [0.5, 0.6) is 0 Å². The van der Waals surface area contributed by atoms with E-state index >= 15 is 0 Å². The van der Waals surface area contributed by atoms with Crippen molar-refractivity contribution in [3.63, 3.8) is 0 Å². The molecule has 0 spiro atoms. The Morgan fingerprint density at radius 3 is 2.24 bits per heavy atom. The van der Waals surface area contributed by atoms with E-state index in [-0.39, 0.29) is 6.10 Å². The number of carbonyl (C=O) groups is 1. The Morgan fingerprint density at radius 1 is 1.00 bits per heavy atom. The van der Waals surface area contributed by atoms with E-state index in [1.54, 1.807) is 0 Å². The molecular formula is C13H26O4. The third kappa shape index (κ3) is 11.5. The van der Waals surface area contributed by atoms with Gasteiger partial charge in [0.1, 0.15) is 0 Å². The zero-order chi connectivity index (χ0) is 12.9. The van der Waals surface area contributed by atoms with Gasteiger partial charge in [-0.15, -0.1) is 0 Å². The predicted octanol–water partition coefficient (Wildman–Crippen LogP) is 3.54. The molecule has 0 rings (SSSR count). The maximum atomic E-state index is 11.1. The van der Waals surface area contributed by atoms with Gasteiger partial charge in [-0.1, -0.05) is 26.7 Å². The highest BCUT2D eigenvalue weighted by molar-refractivity contribution is 5.59. The van der Waals surface area contributed by atoms with Gasteiger partial charge in [0.25, 0.3) is 0 Å². The fourth-order valence-electron chi connectivity index (χ4n) is 1.16. The van der Waals surface area contributed by atoms with Crippen LogP contribution in [-0.2, 0) is 14.2 Å². The van der Waals surface area contributed by atoms with Crippen LogP contribution in [0.3, 0.4) is 0 Å². The standard InChI is InChI=1S/C13H26O4/c1-4-6-9-15-12(3)8-11-17-13(14)16-10-7-5-2/h12H,4-11H2,1-3H3. The fraction of sp³-hybridized carbons (Fsp3) is 0.923. The van der Waals surface area contributed by atoms with Crippen LogP contribution >= 0.6 is 0 Å². The molecule has 0 heterocycles. The minimum Gasteiger partial charge on any atom is -0.434 e. The molecular weight excluding hydrogens is 220 g/mol. The van der Waals surface area contributed by atoms with E-state index in [1.165, 1.54) is 0 Å². The number of hydrogen-bond acceptors (Lipinski definition) is 4. The molecule has 0 aromatic carbocycles. The van der Waals surface area contributed by atoms with E-state index in [4.69, 9.17) is 14.2 Å². The van der Waals surface area contributed by atoms with Crippen molar-refractivity contribution in [2.45, 2.75) is 59.0 Å². The molecule has 0 aromatic rings. The molecule has 0 aromatic heterocycles. The first-order valence-electron chi connectivity index (χ1n) is 6.61. The Hall–Kier alpha value is -0.770. The molecule has 0 bridgehead atoms. The van der Waals surface area contributed by atoms with Crippen molar-refractivity contribution in [1.29, 1.82) is 0 Å². The second-order valence-electron chi connectivity index (χ2n) is 4.12. The van der Waals surface area contributed by atoms with Gasteiger partial charge in [0.2, 0.25) is 0 Å². The van der Waals surface area contributed by atoms with Crippen LogP contribution in [0.4, 0.5) is 4.79 Å². The summed E-state index contributed by atoms with van der Waals surface area (Å²) in [5, 5.41) is 0. The summed E-state index contributed by atoms with van der Waals surface area (Å²) < 4.78 is 15.3. The first-order valence-corrected chi connectivity index (χ1v) is 6.61. The van der Waals surface area contributed by atoms with Gasteiger partial charge < -0.3 is 14.2 Å². The van der Waals surface area contributed by atoms with E-state index in [0.717, 1.165) is 32.3 Å². The minimum absolute atomic E-state index is 0.130. The van der Waals surface area contributed by atoms with Crippen molar-refractivity contribution >= 4 is 6.16 Å². The van der Waals surface area contributed by atoms with Crippen molar-refractivity contribution in [1.82, 2.24) is 0 Å². The number of hydrogen-bond donors (Lipinski definition) is 0. The average Bonchev–Trinajstić information content (AvgIpc) is 2.30. The SMILES string of the molecule is CCCCOC(=O)OCCC(C)OCCCC. The summed E-state index contributed by atoms with van der Waals surface area (Å²) in [7, 11) is 0. The third-order valence-electron chi connectivity index (χ3n) is 2.36. The normalized spacial score (nSPS) is 12.2. The molecule has 0 aliphatic heterocycles. The third-order valence-corrected chi connectivity index (χ3v) is 2.36. The predicted molar refractivity (Wildman–Crippen MR) is 67.1 cm³/mol. The maximum absolute atomic E-state index is 11.1. The van der Waals surface area contributed by atoms with Crippen LogP contribution in [0.2, 0.25) is 0 Å². The maximum Gasteiger partial charge on any atom is 0.508 e. The summed E-state index contributed by atoms with van der Waals surface area (Å²) in [6, 6.07) is 0. The molecule has 102 valence electrons. The Kier molecular flexibility index (Phi) is 11.2. The fourth-order valence-corrected chi connectivity index (χ4v) is 1.16. The number of ether oxygens (including phenoxy) is 3. The van der Waals surface area contributed by atoms with Gasteiger partial charge in [-0.25, -0.2) is 4.79 Å². The average molecular weight is 246 g/mol. The van der Waals surface area contributed by atoms with E-state index in [9.17, 15) is 4.79 Å². The molecule has 0 N–H and O–H groups in total. The highest BCUT2D eigenvalue weighted by atomic mass is 16.7. The highest BCUT2D eigenvalue weighted by Gasteiger charge is 2.06. The van der Waals surface area contributed by atoms with E-state index in [2.05, 4.69) is 6.92 Å². The van der Waals surface area contributed by atoms with E-state index in [0.29, 0.717) is 19.6 Å². The van der Waals surface area contributed by atoms with Gasteiger partial charge in [0, 0.05) is 13.0 Å². The van der Waals surface area contributed by atoms with E-state index < -0.39 is 6.16 Å². The highest BCUT2D eigenvalue weighted by Crippen LogP contribution is 2.01. The second kappa shape index (κ2) is 11.7. The molecule has 1 unspecified atom stereocenters. The summed E-state index contributed by atoms with van der Waals surface area (Å²) in [4.78, 5) is 11.1. The van der Waals surface area contributed by atoms with Crippen molar-refractivity contribution < 1.29 is 19.0 Å². The lowest BCUT2D eigenvalue weighted by Gasteiger charge is -2.12. The Morgan fingerprint density at radius 2 is 1.59 bits per heavy atom. The topological polar surface area (TPSA) is 44.8 Å². The quantitative estimate of drug-likeness (QED) is 0.437. The summed E-state index contributed by atoms with van der Waals surface area (Å²) in [5.74, 6) is 0. The van der Waals surface area contributed by atoms with Gasteiger partial charge in [-0.05, 0) is 19.8 Å². The summed E-state index contributed by atoms with van der Waals surface area (Å²) >= 11 is 0. The first kappa shape index (κ1) is 16.2. The lowest BCUT2D eigenvalue weighted by Crippen LogP contribution is -2.15. The lowest BCUT2D eigenvalue weighted by atomic mass is 10.3. The van der Waals surface area contributed by atoms with Crippen LogP contribution < -0.4 is 0 Å². The van der Waals surface area contributed by atoms with Crippen molar-refractivity contribution in [3.8, 4) is 0 Å². The number of rotatable bonds is 10. The van der Waals surface area contributed by atoms with Gasteiger partial charge in [0.05, 0.1) is 19.3 Å². The molecule has 0 aliphatic carbocycles. The minimum atomic E-state index is -0.570. The van der Waals surface area contributed by atoms with E-state index in [1.807, 2.05) is 13.8 Å². The molecule has 0 saturated carbocycles. The largest absolute Gasteiger partial charge is 0.508 e. The van der Waals surface area contributed by atoms with Gasteiger partial charge in [-0.3, -0.25) is 0 Å². The Labute approximate surface area is 105 Å². The van der Waals surface area contributed by atoms with Gasteiger partial charge in [0.15, 0.2) is 0 Å². The summed E-state index contributed by atoms with van der Waals surface area (Å²) in [5.41, 5.74) is 0. The van der Waals surface area contributed by atoms with Gasteiger partial charge in [-0.2, -0.15) is 0 Å². The van der Waals surface area contributed by atoms with Crippen LogP contribution in [0.1, 0.15) is 52.9 Å². The second-order valence-corrected chi connectivity index (χ2v) is 4.12. The van der Waals surface area contributed by atoms with Crippen LogP contribution in [0.15, 0.2) is 0 Å². The zero-order valence-electron chi connectivity index (χ0n) is 11.4. The molecule has 0 aliphatic rings. The summed E-state index contributed by atoms with van der Waals surface area (Å²) in [6.07, 6.45) is 4.37. The molecule has 4 nitrogen and oxygen atoms in total. The molecule has 0 fully saturated rings. The molecule has 0 saturated heterocycles. The molecule has 4 heteroatoms. The molecule has 17 heavy (non-hydrogen) atoms. The molecule has 1 atom stereocenters. The monoisotopic (exact) mass is 246 g/mol. The first-order chi connectivity index (χ1) is 8.20. The lowest BCUT2D eigenvalue weighted by molar-refractivity contribution is 0.0217. The number of unbranched alkanes of at least 4 members (excludes halogenated alkanes) is 2. The van der Waals surface area contributed by atoms with Crippen molar-refractivity contribution in [2.75, 3.05) is 19.8 Å². The van der Waals surface area contributed by atoms with Crippen molar-refractivity contribution in [3.05, 3.63) is 0 Å². The Bertz CT molecular complexity index is 182.